The molecule has 5 heteroatoms. The largest absolute Gasteiger partial charge is 0.497 e. The molecule has 0 spiro atoms. The number of benzene rings is 1. The van der Waals surface area contributed by atoms with E-state index in [1.54, 1.807) is 37.4 Å². The maximum absolute atomic E-state index is 12.0. The molecular weight excluding hydrogens is 252 g/mol. The standard InChI is InChI=1S/C13H11ClN2O2/c1-18-10-4-2-3-9(7-10)16-13(17)11-8-15-6-5-12(11)14/h2-8H,1H3,(H,16,17). The highest BCUT2D eigenvalue weighted by molar-refractivity contribution is 6.34. The van der Waals surface area contributed by atoms with Crippen molar-refractivity contribution in [2.75, 3.05) is 12.4 Å². The van der Waals surface area contributed by atoms with Gasteiger partial charge in [-0.15, -0.1) is 0 Å². The van der Waals surface area contributed by atoms with Crippen LogP contribution in [0.15, 0.2) is 42.7 Å². The van der Waals surface area contributed by atoms with Gasteiger partial charge in [-0.25, -0.2) is 0 Å². The van der Waals surface area contributed by atoms with Crippen LogP contribution in [-0.2, 0) is 0 Å². The average molecular weight is 263 g/mol. The van der Waals surface area contributed by atoms with E-state index in [-0.39, 0.29) is 5.91 Å². The number of halogens is 1. The number of carbonyl (C=O) groups excluding carboxylic acids is 1. The summed E-state index contributed by atoms with van der Waals surface area (Å²) in [4.78, 5) is 15.8. The molecule has 92 valence electrons. The van der Waals surface area contributed by atoms with Crippen LogP contribution in [0.4, 0.5) is 5.69 Å². The van der Waals surface area contributed by atoms with E-state index in [1.165, 1.54) is 12.4 Å². The Balaban J connectivity index is 2.19. The van der Waals surface area contributed by atoms with E-state index in [0.29, 0.717) is 22.0 Å². The van der Waals surface area contributed by atoms with Crippen LogP contribution in [0.3, 0.4) is 0 Å². The summed E-state index contributed by atoms with van der Waals surface area (Å²) in [5, 5.41) is 3.10. The Labute approximate surface area is 110 Å². The number of pyridine rings is 1. The van der Waals surface area contributed by atoms with Crippen molar-refractivity contribution >= 4 is 23.2 Å². The van der Waals surface area contributed by atoms with Crippen molar-refractivity contribution in [2.45, 2.75) is 0 Å². The van der Waals surface area contributed by atoms with Crippen LogP contribution in [-0.4, -0.2) is 18.0 Å². The highest BCUT2D eigenvalue weighted by Gasteiger charge is 2.10. The fourth-order valence-corrected chi connectivity index (χ4v) is 1.63. The van der Waals surface area contributed by atoms with Crippen molar-refractivity contribution in [1.29, 1.82) is 0 Å². The molecule has 2 rings (SSSR count). The maximum Gasteiger partial charge on any atom is 0.258 e. The maximum atomic E-state index is 12.0. The molecule has 0 aliphatic heterocycles. The molecule has 1 aromatic carbocycles. The van der Waals surface area contributed by atoms with Crippen LogP contribution in [0.2, 0.25) is 5.02 Å². The minimum Gasteiger partial charge on any atom is -0.497 e. The van der Waals surface area contributed by atoms with Gasteiger partial charge in [-0.3, -0.25) is 9.78 Å². The van der Waals surface area contributed by atoms with Gasteiger partial charge < -0.3 is 10.1 Å². The summed E-state index contributed by atoms with van der Waals surface area (Å²) in [6, 6.07) is 8.65. The lowest BCUT2D eigenvalue weighted by molar-refractivity contribution is 0.102. The zero-order valence-corrected chi connectivity index (χ0v) is 10.4. The van der Waals surface area contributed by atoms with Crippen molar-refractivity contribution in [3.8, 4) is 5.75 Å². The molecule has 0 fully saturated rings. The molecule has 0 atom stereocenters. The molecule has 1 heterocycles. The van der Waals surface area contributed by atoms with Gasteiger partial charge in [0.2, 0.25) is 0 Å². The van der Waals surface area contributed by atoms with Crippen LogP contribution in [0.25, 0.3) is 0 Å². The fraction of sp³-hybridized carbons (Fsp3) is 0.0769. The summed E-state index contributed by atoms with van der Waals surface area (Å²) in [5.74, 6) is 0.367. The smallest absolute Gasteiger partial charge is 0.258 e. The zero-order chi connectivity index (χ0) is 13.0. The lowest BCUT2D eigenvalue weighted by atomic mass is 10.2. The monoisotopic (exact) mass is 262 g/mol. The van der Waals surface area contributed by atoms with E-state index >= 15 is 0 Å². The highest BCUT2D eigenvalue weighted by Crippen LogP contribution is 2.19. The number of aromatic nitrogens is 1. The first-order valence-electron chi connectivity index (χ1n) is 5.25. The Morgan fingerprint density at radius 1 is 1.39 bits per heavy atom. The Bertz CT molecular complexity index is 572. The van der Waals surface area contributed by atoms with E-state index in [0.717, 1.165) is 0 Å². The van der Waals surface area contributed by atoms with Gasteiger partial charge in [-0.1, -0.05) is 17.7 Å². The quantitative estimate of drug-likeness (QED) is 0.925. The zero-order valence-electron chi connectivity index (χ0n) is 9.68. The second-order valence-electron chi connectivity index (χ2n) is 3.54. The average Bonchev–Trinajstić information content (AvgIpc) is 2.39. The second-order valence-corrected chi connectivity index (χ2v) is 3.95. The number of amides is 1. The summed E-state index contributed by atoms with van der Waals surface area (Å²) in [5.41, 5.74) is 0.973. The molecule has 0 unspecified atom stereocenters. The molecular formula is C13H11ClN2O2. The topological polar surface area (TPSA) is 51.2 Å². The Morgan fingerprint density at radius 2 is 2.22 bits per heavy atom. The van der Waals surface area contributed by atoms with Crippen LogP contribution < -0.4 is 10.1 Å². The van der Waals surface area contributed by atoms with Gasteiger partial charge >= 0.3 is 0 Å². The summed E-state index contributed by atoms with van der Waals surface area (Å²) < 4.78 is 5.08. The predicted molar refractivity (Wildman–Crippen MR) is 70.2 cm³/mol. The minimum atomic E-state index is -0.304. The number of nitrogens with zero attached hydrogens (tertiary/aromatic N) is 1. The molecule has 1 amide bonds. The predicted octanol–water partition coefficient (Wildman–Crippen LogP) is 3.00. The first kappa shape index (κ1) is 12.4. The number of carbonyl (C=O) groups is 1. The van der Waals surface area contributed by atoms with Gasteiger partial charge in [0.1, 0.15) is 5.75 Å². The normalized spacial score (nSPS) is 9.89. The molecule has 1 N–H and O–H groups in total. The van der Waals surface area contributed by atoms with Crippen molar-refractivity contribution in [3.05, 3.63) is 53.3 Å². The number of methoxy groups -OCH3 is 1. The number of hydrogen-bond acceptors (Lipinski definition) is 3. The molecule has 1 aromatic heterocycles. The number of rotatable bonds is 3. The van der Waals surface area contributed by atoms with Crippen molar-refractivity contribution in [2.24, 2.45) is 0 Å². The van der Waals surface area contributed by atoms with Crippen LogP contribution in [0.1, 0.15) is 10.4 Å². The van der Waals surface area contributed by atoms with Gasteiger partial charge in [0, 0.05) is 24.1 Å². The van der Waals surface area contributed by atoms with Gasteiger partial charge in [0.25, 0.3) is 5.91 Å². The van der Waals surface area contributed by atoms with Crippen molar-refractivity contribution in [3.63, 3.8) is 0 Å². The first-order valence-corrected chi connectivity index (χ1v) is 5.63. The van der Waals surface area contributed by atoms with Gasteiger partial charge in [-0.05, 0) is 18.2 Å². The lowest BCUT2D eigenvalue weighted by Gasteiger charge is -2.07. The molecule has 0 bridgehead atoms. The third kappa shape index (κ3) is 2.78. The molecule has 18 heavy (non-hydrogen) atoms. The van der Waals surface area contributed by atoms with Gasteiger partial charge in [0.15, 0.2) is 0 Å². The van der Waals surface area contributed by atoms with E-state index in [1.807, 2.05) is 0 Å². The van der Waals surface area contributed by atoms with Gasteiger partial charge in [-0.2, -0.15) is 0 Å². The summed E-state index contributed by atoms with van der Waals surface area (Å²) >= 11 is 5.92. The van der Waals surface area contributed by atoms with Crippen LogP contribution in [0.5, 0.6) is 5.75 Å². The molecule has 4 nitrogen and oxygen atoms in total. The Kier molecular flexibility index (Phi) is 3.79. The number of nitrogens with one attached hydrogen (secondary N) is 1. The summed E-state index contributed by atoms with van der Waals surface area (Å²) in [6.45, 7) is 0. The molecule has 0 saturated heterocycles. The molecule has 0 radical (unpaired) electrons. The lowest BCUT2D eigenvalue weighted by Crippen LogP contribution is -2.12. The van der Waals surface area contributed by atoms with Crippen molar-refractivity contribution < 1.29 is 9.53 Å². The van der Waals surface area contributed by atoms with Gasteiger partial charge in [0.05, 0.1) is 17.7 Å². The summed E-state index contributed by atoms with van der Waals surface area (Å²) in [6.07, 6.45) is 2.96. The number of hydrogen-bond donors (Lipinski definition) is 1. The first-order chi connectivity index (χ1) is 8.70. The van der Waals surface area contributed by atoms with Crippen LogP contribution >= 0.6 is 11.6 Å². The van der Waals surface area contributed by atoms with Crippen LogP contribution in [0, 0.1) is 0 Å². The second kappa shape index (κ2) is 5.51. The SMILES string of the molecule is COc1cccc(NC(=O)c2cnccc2Cl)c1. The number of anilines is 1. The minimum absolute atomic E-state index is 0.304. The Morgan fingerprint density at radius 3 is 2.94 bits per heavy atom. The number of ether oxygens (including phenoxy) is 1. The molecule has 0 aliphatic rings. The fourth-order valence-electron chi connectivity index (χ4n) is 1.44. The molecule has 2 aromatic rings. The molecule has 0 saturated carbocycles. The summed E-state index contributed by atoms with van der Waals surface area (Å²) in [7, 11) is 1.57. The van der Waals surface area contributed by atoms with Crippen molar-refractivity contribution in [1.82, 2.24) is 4.98 Å². The van der Waals surface area contributed by atoms with E-state index in [4.69, 9.17) is 16.3 Å². The van der Waals surface area contributed by atoms with E-state index < -0.39 is 0 Å². The Hall–Kier alpha value is -2.07. The molecule has 0 aliphatic carbocycles. The highest BCUT2D eigenvalue weighted by atomic mass is 35.5. The van der Waals surface area contributed by atoms with E-state index in [2.05, 4.69) is 10.3 Å². The third-order valence-corrected chi connectivity index (χ3v) is 2.67. The van der Waals surface area contributed by atoms with E-state index in [9.17, 15) is 4.79 Å². The third-order valence-electron chi connectivity index (χ3n) is 2.34.